The summed E-state index contributed by atoms with van der Waals surface area (Å²) < 4.78 is 48.3. The highest BCUT2D eigenvalue weighted by Crippen LogP contribution is 2.55. The zero-order chi connectivity index (χ0) is 31.3. The zero-order valence-electron chi connectivity index (χ0n) is 22.6. The lowest BCUT2D eigenvalue weighted by atomic mass is 9.82. The maximum absolute atomic E-state index is 14.1. The van der Waals surface area contributed by atoms with Crippen LogP contribution in [0.3, 0.4) is 0 Å². The van der Waals surface area contributed by atoms with Crippen molar-refractivity contribution in [2.24, 2.45) is 5.92 Å². The molecule has 2 aliphatic heterocycles. The molecule has 0 radical (unpaired) electrons. The van der Waals surface area contributed by atoms with Crippen LogP contribution >= 0.6 is 39.0 Å². The lowest BCUT2D eigenvalue weighted by Crippen LogP contribution is -2.33. The number of halogens is 4. The molecule has 14 heteroatoms. The molecule has 0 unspecified atom stereocenters. The molecule has 1 fully saturated rings. The van der Waals surface area contributed by atoms with Crippen molar-refractivity contribution in [1.29, 1.82) is 0 Å². The van der Waals surface area contributed by atoms with E-state index in [0.717, 1.165) is 40.8 Å². The summed E-state index contributed by atoms with van der Waals surface area (Å²) in [6, 6.07) is 16.5. The Kier molecular flexibility index (Phi) is 7.92. The molecule has 0 saturated carbocycles. The van der Waals surface area contributed by atoms with Gasteiger partial charge in [-0.05, 0) is 48.9 Å². The fraction of sp³-hybridized carbons (Fsp3) is 0.200. The molecular formula is C30H21BrF3N3O5S2. The van der Waals surface area contributed by atoms with E-state index < -0.39 is 63.7 Å². The second kappa shape index (κ2) is 11.6. The van der Waals surface area contributed by atoms with Crippen LogP contribution in [0.2, 0.25) is 0 Å². The molecule has 2 aliphatic rings. The standard InChI is InChI=1S/C30H21BrF3N3O5S2/c1-14-6-2-4-8-18(14)35-21(38)13-42-20-11-10-15(31)12-16(20)22-23-25(43-26-24(22)44-29(41)36-26)28(40)37(27(23)39)19-9-5-3-7-17(19)30(32,33)34/h2-12,22-23,25H,13H2,1H3,(H,35,38)(H,36,41)/t22-,23-,25+/m0/s1. The van der Waals surface area contributed by atoms with Gasteiger partial charge in [0.05, 0.1) is 22.2 Å². The SMILES string of the molecule is Cc1ccccc1NC(=O)COc1ccc(Br)cc1[C@@H]1c2sc(=O)[nH]c2S[C@H]2C(=O)N(c3ccccc3C(F)(F)F)C(=O)[C@@H]12. The van der Waals surface area contributed by atoms with Gasteiger partial charge in [0.15, 0.2) is 6.61 Å². The summed E-state index contributed by atoms with van der Waals surface area (Å²) >= 11 is 5.22. The van der Waals surface area contributed by atoms with E-state index in [9.17, 15) is 32.3 Å². The number of fused-ring (bicyclic) bond motifs is 2. The topological polar surface area (TPSA) is 109 Å². The number of aromatic nitrogens is 1. The second-order valence-corrected chi connectivity index (χ2v) is 13.2. The number of carbonyl (C=O) groups excluding carboxylic acids is 3. The molecule has 44 heavy (non-hydrogen) atoms. The highest BCUT2D eigenvalue weighted by molar-refractivity contribution is 9.10. The fourth-order valence-electron chi connectivity index (χ4n) is 5.43. The average Bonchev–Trinajstić information content (AvgIpc) is 3.47. The lowest BCUT2D eigenvalue weighted by molar-refractivity contribution is -0.137. The van der Waals surface area contributed by atoms with E-state index in [1.807, 2.05) is 19.1 Å². The van der Waals surface area contributed by atoms with Gasteiger partial charge >= 0.3 is 11.0 Å². The minimum atomic E-state index is -4.81. The van der Waals surface area contributed by atoms with Crippen molar-refractivity contribution < 1.29 is 32.3 Å². The Balaban J connectivity index is 1.39. The van der Waals surface area contributed by atoms with Crippen LogP contribution in [0.5, 0.6) is 5.75 Å². The molecule has 226 valence electrons. The Morgan fingerprint density at radius 1 is 1.05 bits per heavy atom. The number of anilines is 2. The van der Waals surface area contributed by atoms with Crippen LogP contribution in [0.15, 0.2) is 81.0 Å². The third-order valence-corrected chi connectivity index (χ3v) is 10.3. The summed E-state index contributed by atoms with van der Waals surface area (Å²) in [6.45, 7) is 1.45. The lowest BCUT2D eigenvalue weighted by Gasteiger charge is -2.31. The highest BCUT2D eigenvalue weighted by Gasteiger charge is 2.57. The smallest absolute Gasteiger partial charge is 0.418 e. The summed E-state index contributed by atoms with van der Waals surface area (Å²) in [5.41, 5.74) is 0.185. The quantitative estimate of drug-likeness (QED) is 0.227. The van der Waals surface area contributed by atoms with E-state index in [0.29, 0.717) is 30.5 Å². The summed E-state index contributed by atoms with van der Waals surface area (Å²) in [5, 5.41) is 2.01. The molecule has 3 amide bonds. The van der Waals surface area contributed by atoms with E-state index in [4.69, 9.17) is 4.74 Å². The number of ether oxygens (including phenoxy) is 1. The number of carbonyl (C=O) groups is 3. The number of nitrogens with zero attached hydrogens (tertiary/aromatic N) is 1. The number of aromatic amines is 1. The van der Waals surface area contributed by atoms with Gasteiger partial charge in [-0.25, -0.2) is 4.90 Å². The molecule has 0 aliphatic carbocycles. The van der Waals surface area contributed by atoms with Crippen molar-refractivity contribution in [3.05, 3.63) is 102 Å². The summed E-state index contributed by atoms with van der Waals surface area (Å²) in [5.74, 6) is -3.98. The minimum absolute atomic E-state index is 0.213. The number of thiazole rings is 1. The third kappa shape index (κ3) is 5.46. The van der Waals surface area contributed by atoms with Gasteiger partial charge in [-0.1, -0.05) is 69.4 Å². The number of hydrogen-bond donors (Lipinski definition) is 2. The van der Waals surface area contributed by atoms with Crippen LogP contribution in [0, 0.1) is 12.8 Å². The van der Waals surface area contributed by atoms with Gasteiger partial charge in [0.25, 0.3) is 5.91 Å². The van der Waals surface area contributed by atoms with Crippen LogP contribution in [0.4, 0.5) is 24.5 Å². The number of rotatable bonds is 6. The number of thioether (sulfide) groups is 1. The Bertz CT molecular complexity index is 1870. The van der Waals surface area contributed by atoms with Gasteiger partial charge in [-0.3, -0.25) is 19.2 Å². The predicted molar refractivity (Wildman–Crippen MR) is 163 cm³/mol. The van der Waals surface area contributed by atoms with Crippen molar-refractivity contribution in [1.82, 2.24) is 4.98 Å². The van der Waals surface area contributed by atoms with Gasteiger partial charge in [0.2, 0.25) is 11.8 Å². The number of benzene rings is 3. The van der Waals surface area contributed by atoms with E-state index in [-0.39, 0.29) is 5.75 Å². The highest BCUT2D eigenvalue weighted by atomic mass is 79.9. The number of para-hydroxylation sites is 2. The number of aryl methyl sites for hydroxylation is 1. The van der Waals surface area contributed by atoms with Crippen molar-refractivity contribution in [3.8, 4) is 5.75 Å². The first-order chi connectivity index (χ1) is 20.9. The molecule has 1 aromatic heterocycles. The van der Waals surface area contributed by atoms with Crippen molar-refractivity contribution in [3.63, 3.8) is 0 Å². The number of H-pyrrole nitrogens is 1. The number of nitrogens with one attached hydrogen (secondary N) is 2. The van der Waals surface area contributed by atoms with Gasteiger partial charge in [-0.2, -0.15) is 13.2 Å². The molecule has 2 N–H and O–H groups in total. The Morgan fingerprint density at radius 2 is 1.77 bits per heavy atom. The van der Waals surface area contributed by atoms with E-state index in [1.165, 1.54) is 12.1 Å². The van der Waals surface area contributed by atoms with Crippen molar-refractivity contribution >= 4 is 68.1 Å². The predicted octanol–water partition coefficient (Wildman–Crippen LogP) is 6.34. The molecule has 3 heterocycles. The Morgan fingerprint density at radius 3 is 2.52 bits per heavy atom. The first kappa shape index (κ1) is 30.2. The monoisotopic (exact) mass is 703 g/mol. The molecule has 8 nitrogen and oxygen atoms in total. The Hall–Kier alpha value is -3.88. The summed E-state index contributed by atoms with van der Waals surface area (Å²) in [6.07, 6.45) is -4.81. The van der Waals surface area contributed by atoms with Gasteiger partial charge in [0, 0.05) is 26.5 Å². The second-order valence-electron chi connectivity index (χ2n) is 10.1. The molecule has 0 bridgehead atoms. The van der Waals surface area contributed by atoms with E-state index in [1.54, 1.807) is 30.3 Å². The zero-order valence-corrected chi connectivity index (χ0v) is 25.8. The fourth-order valence-corrected chi connectivity index (χ4v) is 8.32. The van der Waals surface area contributed by atoms with Gasteiger partial charge in [0.1, 0.15) is 11.0 Å². The molecule has 6 rings (SSSR count). The largest absolute Gasteiger partial charge is 0.483 e. The summed E-state index contributed by atoms with van der Waals surface area (Å²) in [7, 11) is 0. The van der Waals surface area contributed by atoms with Gasteiger partial charge in [-0.15, -0.1) is 0 Å². The van der Waals surface area contributed by atoms with Crippen molar-refractivity contribution in [2.75, 3.05) is 16.8 Å². The first-order valence-corrected chi connectivity index (χ1v) is 15.6. The molecule has 1 saturated heterocycles. The number of hydrogen-bond acceptors (Lipinski definition) is 7. The number of imide groups is 1. The third-order valence-electron chi connectivity index (χ3n) is 7.36. The molecule has 3 aromatic carbocycles. The normalized spacial score (nSPS) is 19.5. The first-order valence-electron chi connectivity index (χ1n) is 13.2. The average molecular weight is 705 g/mol. The maximum atomic E-state index is 14.1. The molecular weight excluding hydrogens is 683 g/mol. The minimum Gasteiger partial charge on any atom is -0.483 e. The van der Waals surface area contributed by atoms with E-state index in [2.05, 4.69) is 26.2 Å². The number of alkyl halides is 3. The molecule has 0 spiro atoms. The van der Waals surface area contributed by atoms with Crippen LogP contribution in [-0.2, 0) is 20.6 Å². The van der Waals surface area contributed by atoms with Crippen LogP contribution in [0.1, 0.15) is 27.5 Å². The molecule has 3 atom stereocenters. The van der Waals surface area contributed by atoms with Crippen molar-refractivity contribution in [2.45, 2.75) is 29.3 Å². The Labute approximate surface area is 264 Å². The summed E-state index contributed by atoms with van der Waals surface area (Å²) in [4.78, 5) is 56.4. The van der Waals surface area contributed by atoms with E-state index >= 15 is 0 Å². The number of amides is 3. The maximum Gasteiger partial charge on any atom is 0.418 e. The van der Waals surface area contributed by atoms with Crippen LogP contribution < -0.4 is 19.8 Å². The van der Waals surface area contributed by atoms with Gasteiger partial charge < -0.3 is 15.0 Å². The van der Waals surface area contributed by atoms with Crippen LogP contribution in [-0.4, -0.2) is 34.6 Å². The van der Waals surface area contributed by atoms with Crippen LogP contribution in [0.25, 0.3) is 0 Å². The molecule has 4 aromatic rings.